The van der Waals surface area contributed by atoms with E-state index >= 15 is 0 Å². The Morgan fingerprint density at radius 3 is 2.67 bits per heavy atom. The van der Waals surface area contributed by atoms with Crippen LogP contribution in [0.4, 0.5) is 0 Å². The van der Waals surface area contributed by atoms with Gasteiger partial charge in [-0.2, -0.15) is 0 Å². The predicted octanol–water partition coefficient (Wildman–Crippen LogP) is 1.36. The highest BCUT2D eigenvalue weighted by Gasteiger charge is 2.47. The third kappa shape index (κ3) is 2.37. The summed E-state index contributed by atoms with van der Waals surface area (Å²) in [6.45, 7) is 1.79. The summed E-state index contributed by atoms with van der Waals surface area (Å²) in [5.41, 5.74) is -1.31. The van der Waals surface area contributed by atoms with E-state index < -0.39 is 17.5 Å². The number of aliphatic hydroxyl groups excluding tert-OH is 1. The van der Waals surface area contributed by atoms with Crippen LogP contribution >= 0.6 is 0 Å². The maximum Gasteiger partial charge on any atom is 0.317 e. The number of aliphatic hydroxyl groups is 1. The van der Waals surface area contributed by atoms with Gasteiger partial charge in [-0.25, -0.2) is 0 Å². The first-order chi connectivity index (χ1) is 7.03. The van der Waals surface area contributed by atoms with E-state index in [1.54, 1.807) is 6.92 Å². The second kappa shape index (κ2) is 4.75. The van der Waals surface area contributed by atoms with Crippen molar-refractivity contribution in [3.63, 3.8) is 0 Å². The molecule has 0 aromatic rings. The van der Waals surface area contributed by atoms with Crippen LogP contribution in [0.25, 0.3) is 0 Å². The van der Waals surface area contributed by atoms with Crippen LogP contribution < -0.4 is 0 Å². The molecule has 2 unspecified atom stereocenters. The van der Waals surface area contributed by atoms with Crippen LogP contribution in [0.2, 0.25) is 0 Å². The van der Waals surface area contributed by atoms with E-state index in [9.17, 15) is 19.8 Å². The fourth-order valence-corrected chi connectivity index (χ4v) is 2.17. The van der Waals surface area contributed by atoms with Crippen LogP contribution in [-0.4, -0.2) is 28.1 Å². The second-order valence-electron chi connectivity index (χ2n) is 4.28. The van der Waals surface area contributed by atoms with Gasteiger partial charge in [0, 0.05) is 6.42 Å². The lowest BCUT2D eigenvalue weighted by atomic mass is 9.69. The Hall–Kier alpha value is -0.900. The van der Waals surface area contributed by atoms with Crippen molar-refractivity contribution in [1.29, 1.82) is 0 Å². The van der Waals surface area contributed by atoms with Gasteiger partial charge in [0.25, 0.3) is 0 Å². The lowest BCUT2D eigenvalue weighted by Crippen LogP contribution is -2.44. The Kier molecular flexibility index (Phi) is 3.85. The zero-order chi connectivity index (χ0) is 11.5. The van der Waals surface area contributed by atoms with Gasteiger partial charge in [0.15, 0.2) is 0 Å². The molecular formula is C11H18O4. The molecule has 1 aliphatic carbocycles. The monoisotopic (exact) mass is 214 g/mol. The van der Waals surface area contributed by atoms with Crippen LogP contribution in [0.3, 0.4) is 0 Å². The number of Topliss-reactive ketones (excluding diaryl/α,β-unsaturated/α-hetero) is 1. The number of hydrogen-bond donors (Lipinski definition) is 2. The minimum Gasteiger partial charge on any atom is -0.480 e. The molecule has 0 spiro atoms. The molecule has 1 saturated carbocycles. The van der Waals surface area contributed by atoms with Crippen molar-refractivity contribution in [3.05, 3.63) is 0 Å². The van der Waals surface area contributed by atoms with Gasteiger partial charge in [-0.05, 0) is 25.7 Å². The van der Waals surface area contributed by atoms with Gasteiger partial charge in [0.1, 0.15) is 11.2 Å². The molecule has 0 radical (unpaired) electrons. The third-order valence-corrected chi connectivity index (χ3v) is 3.26. The molecular weight excluding hydrogens is 196 g/mol. The molecule has 1 aliphatic rings. The summed E-state index contributed by atoms with van der Waals surface area (Å²) >= 11 is 0. The van der Waals surface area contributed by atoms with Crippen LogP contribution in [-0.2, 0) is 9.59 Å². The molecule has 0 aliphatic heterocycles. The highest BCUT2D eigenvalue weighted by Crippen LogP contribution is 2.38. The maximum atomic E-state index is 11.7. The molecule has 4 nitrogen and oxygen atoms in total. The fraction of sp³-hybridized carbons (Fsp3) is 0.818. The van der Waals surface area contributed by atoms with Crippen LogP contribution in [0.5, 0.6) is 0 Å². The normalized spacial score (nSPS) is 28.8. The summed E-state index contributed by atoms with van der Waals surface area (Å²) in [7, 11) is 0. The van der Waals surface area contributed by atoms with E-state index in [0.29, 0.717) is 19.3 Å². The first kappa shape index (κ1) is 12.2. The average molecular weight is 214 g/mol. The summed E-state index contributed by atoms with van der Waals surface area (Å²) in [5.74, 6) is -1.28. The van der Waals surface area contributed by atoms with Gasteiger partial charge in [-0.3, -0.25) is 9.59 Å². The summed E-state index contributed by atoms with van der Waals surface area (Å²) in [5, 5.41) is 18.7. The second-order valence-corrected chi connectivity index (χ2v) is 4.28. The SMILES string of the molecule is CCC(O)CC1(C(=O)O)CCCCC1=O. The molecule has 0 bridgehead atoms. The topological polar surface area (TPSA) is 74.6 Å². The van der Waals surface area contributed by atoms with Gasteiger partial charge in [0.05, 0.1) is 6.10 Å². The predicted molar refractivity (Wildman–Crippen MR) is 54.5 cm³/mol. The first-order valence-corrected chi connectivity index (χ1v) is 5.47. The van der Waals surface area contributed by atoms with Crippen molar-refractivity contribution in [3.8, 4) is 0 Å². The van der Waals surface area contributed by atoms with Crippen molar-refractivity contribution in [1.82, 2.24) is 0 Å². The molecule has 0 aromatic carbocycles. The van der Waals surface area contributed by atoms with E-state index in [4.69, 9.17) is 0 Å². The Morgan fingerprint density at radius 2 is 2.20 bits per heavy atom. The van der Waals surface area contributed by atoms with Crippen molar-refractivity contribution in [2.75, 3.05) is 0 Å². The number of rotatable bonds is 4. The van der Waals surface area contributed by atoms with Crippen molar-refractivity contribution in [2.24, 2.45) is 5.41 Å². The molecule has 0 amide bonds. The van der Waals surface area contributed by atoms with E-state index in [1.807, 2.05) is 0 Å². The van der Waals surface area contributed by atoms with Crippen LogP contribution in [0.1, 0.15) is 45.4 Å². The molecule has 2 atom stereocenters. The molecule has 4 heteroatoms. The zero-order valence-electron chi connectivity index (χ0n) is 9.03. The standard InChI is InChI=1S/C11H18O4/c1-2-8(12)7-11(10(14)15)6-4-3-5-9(11)13/h8,12H,2-7H2,1H3,(H,14,15). The Balaban J connectivity index is 2.86. The quantitative estimate of drug-likeness (QED) is 0.693. The smallest absolute Gasteiger partial charge is 0.317 e. The van der Waals surface area contributed by atoms with Gasteiger partial charge in [0.2, 0.25) is 0 Å². The van der Waals surface area contributed by atoms with Crippen molar-refractivity contribution >= 4 is 11.8 Å². The minimum absolute atomic E-state index is 0.0671. The Morgan fingerprint density at radius 1 is 1.53 bits per heavy atom. The highest BCUT2D eigenvalue weighted by molar-refractivity contribution is 6.03. The van der Waals surface area contributed by atoms with E-state index in [1.165, 1.54) is 0 Å². The Bertz CT molecular complexity index is 261. The largest absolute Gasteiger partial charge is 0.480 e. The molecule has 15 heavy (non-hydrogen) atoms. The van der Waals surface area contributed by atoms with E-state index in [2.05, 4.69) is 0 Å². The Labute approximate surface area is 89.3 Å². The molecule has 0 saturated heterocycles. The lowest BCUT2D eigenvalue weighted by Gasteiger charge is -2.33. The van der Waals surface area contributed by atoms with Gasteiger partial charge >= 0.3 is 5.97 Å². The van der Waals surface area contributed by atoms with Crippen LogP contribution in [0, 0.1) is 5.41 Å². The number of hydrogen-bond acceptors (Lipinski definition) is 3. The summed E-state index contributed by atoms with van der Waals surface area (Å²) < 4.78 is 0. The molecule has 0 aromatic heterocycles. The molecule has 1 fully saturated rings. The minimum atomic E-state index is -1.31. The number of aliphatic carboxylic acids is 1. The summed E-state index contributed by atoms with van der Waals surface area (Å²) in [4.78, 5) is 22.9. The summed E-state index contributed by atoms with van der Waals surface area (Å²) in [6.07, 6.45) is 2.11. The van der Waals surface area contributed by atoms with Gasteiger partial charge in [-0.1, -0.05) is 13.3 Å². The van der Waals surface area contributed by atoms with Crippen molar-refractivity contribution in [2.45, 2.75) is 51.6 Å². The molecule has 2 N–H and O–H groups in total. The number of carbonyl (C=O) groups excluding carboxylic acids is 1. The van der Waals surface area contributed by atoms with Crippen LogP contribution in [0.15, 0.2) is 0 Å². The third-order valence-electron chi connectivity index (χ3n) is 3.26. The van der Waals surface area contributed by atoms with E-state index in [0.717, 1.165) is 12.8 Å². The highest BCUT2D eigenvalue weighted by atomic mass is 16.4. The molecule has 86 valence electrons. The first-order valence-electron chi connectivity index (χ1n) is 5.47. The average Bonchev–Trinajstić information content (AvgIpc) is 2.21. The molecule has 0 heterocycles. The van der Waals surface area contributed by atoms with E-state index in [-0.39, 0.29) is 12.2 Å². The lowest BCUT2D eigenvalue weighted by molar-refractivity contribution is -0.159. The summed E-state index contributed by atoms with van der Waals surface area (Å²) in [6, 6.07) is 0. The number of carboxylic acids is 1. The molecule has 1 rings (SSSR count). The fourth-order valence-electron chi connectivity index (χ4n) is 2.17. The number of ketones is 1. The van der Waals surface area contributed by atoms with Gasteiger partial charge in [-0.15, -0.1) is 0 Å². The number of carboxylic acid groups (broad SMARTS) is 1. The van der Waals surface area contributed by atoms with Crippen molar-refractivity contribution < 1.29 is 19.8 Å². The zero-order valence-corrected chi connectivity index (χ0v) is 9.03. The van der Waals surface area contributed by atoms with Gasteiger partial charge < -0.3 is 10.2 Å². The number of carbonyl (C=O) groups is 2. The maximum absolute atomic E-state index is 11.7.